The van der Waals surface area contributed by atoms with Crippen LogP contribution in [0.25, 0.3) is 11.1 Å². The van der Waals surface area contributed by atoms with E-state index in [2.05, 4.69) is 86.0 Å². The second-order valence-corrected chi connectivity index (χ2v) is 6.93. The highest BCUT2D eigenvalue weighted by Crippen LogP contribution is 2.42. The van der Waals surface area contributed by atoms with E-state index >= 15 is 0 Å². The number of benzene rings is 2. The molecule has 106 valence electrons. The zero-order valence-electron chi connectivity index (χ0n) is 12.5. The minimum absolute atomic E-state index is 0.148. The van der Waals surface area contributed by atoms with Gasteiger partial charge in [0.15, 0.2) is 0 Å². The molecule has 0 nitrogen and oxygen atoms in total. The van der Waals surface area contributed by atoms with Gasteiger partial charge in [-0.1, -0.05) is 92.4 Å². The molecule has 0 N–H and O–H groups in total. The van der Waals surface area contributed by atoms with E-state index in [1.54, 1.807) is 0 Å². The first-order chi connectivity index (χ1) is 10.2. The summed E-state index contributed by atoms with van der Waals surface area (Å²) >= 11 is 1.83. The van der Waals surface area contributed by atoms with Crippen LogP contribution in [0.15, 0.2) is 77.1 Å². The average molecular weight is 292 g/mol. The molecule has 1 aliphatic rings. The van der Waals surface area contributed by atoms with E-state index in [0.717, 1.165) is 6.42 Å². The molecule has 0 saturated carbocycles. The van der Waals surface area contributed by atoms with Crippen LogP contribution in [-0.4, -0.2) is 0 Å². The Kier molecular flexibility index (Phi) is 4.03. The lowest BCUT2D eigenvalue weighted by Gasteiger charge is -2.27. The second-order valence-electron chi connectivity index (χ2n) is 6.01. The highest BCUT2D eigenvalue weighted by Gasteiger charge is 2.24. The molecule has 2 aromatic rings. The SMILES string of the molecule is CC1(C)C/C=C\C=C/Sc2c(-c3ccccc3)cccc21. The number of thioether (sulfide) groups is 1. The molecule has 0 aliphatic carbocycles. The molecule has 0 unspecified atom stereocenters. The fraction of sp³-hybridized carbons (Fsp3) is 0.200. The van der Waals surface area contributed by atoms with Gasteiger partial charge in [-0.2, -0.15) is 0 Å². The van der Waals surface area contributed by atoms with Gasteiger partial charge in [0.1, 0.15) is 0 Å². The third kappa shape index (κ3) is 2.98. The van der Waals surface area contributed by atoms with E-state index in [-0.39, 0.29) is 5.41 Å². The minimum atomic E-state index is 0.148. The highest BCUT2D eigenvalue weighted by molar-refractivity contribution is 8.02. The van der Waals surface area contributed by atoms with Crippen LogP contribution in [0.4, 0.5) is 0 Å². The molecule has 0 atom stereocenters. The standard InChI is InChI=1S/C20H20S/c1-20(2)14-7-4-8-15-21-19-17(12-9-13-18(19)20)16-10-5-3-6-11-16/h3-13,15H,14H2,1-2H3/b7-4-,15-8-. The molecule has 2 aromatic carbocycles. The summed E-state index contributed by atoms with van der Waals surface area (Å²) in [6.45, 7) is 4.66. The van der Waals surface area contributed by atoms with Crippen LogP contribution in [0.2, 0.25) is 0 Å². The molecule has 0 radical (unpaired) electrons. The maximum Gasteiger partial charge on any atom is 0.0232 e. The van der Waals surface area contributed by atoms with Crippen molar-refractivity contribution in [2.75, 3.05) is 0 Å². The summed E-state index contributed by atoms with van der Waals surface area (Å²) in [7, 11) is 0. The van der Waals surface area contributed by atoms with Gasteiger partial charge in [-0.3, -0.25) is 0 Å². The monoisotopic (exact) mass is 292 g/mol. The fourth-order valence-corrected chi connectivity index (χ4v) is 3.84. The molecule has 1 heterocycles. The van der Waals surface area contributed by atoms with E-state index in [9.17, 15) is 0 Å². The van der Waals surface area contributed by atoms with Crippen molar-refractivity contribution in [3.63, 3.8) is 0 Å². The number of allylic oxidation sites excluding steroid dienone is 3. The van der Waals surface area contributed by atoms with E-state index in [1.807, 2.05) is 11.8 Å². The van der Waals surface area contributed by atoms with Gasteiger partial charge < -0.3 is 0 Å². The van der Waals surface area contributed by atoms with Crippen molar-refractivity contribution in [3.8, 4) is 11.1 Å². The van der Waals surface area contributed by atoms with Gasteiger partial charge in [0.2, 0.25) is 0 Å². The summed E-state index contributed by atoms with van der Waals surface area (Å²) in [6.07, 6.45) is 7.62. The Hall–Kier alpha value is -1.73. The van der Waals surface area contributed by atoms with Crippen molar-refractivity contribution in [1.29, 1.82) is 0 Å². The van der Waals surface area contributed by atoms with Gasteiger partial charge in [0.05, 0.1) is 0 Å². The Balaban J connectivity index is 2.20. The van der Waals surface area contributed by atoms with Gasteiger partial charge in [-0.05, 0) is 33.9 Å². The normalized spacial score (nSPS) is 19.7. The third-order valence-corrected chi connectivity index (χ3v) is 4.94. The summed E-state index contributed by atoms with van der Waals surface area (Å²) in [6, 6.07) is 17.4. The molecular weight excluding hydrogens is 272 g/mol. The summed E-state index contributed by atoms with van der Waals surface area (Å²) < 4.78 is 0. The van der Waals surface area contributed by atoms with E-state index in [0.29, 0.717) is 0 Å². The lowest BCUT2D eigenvalue weighted by atomic mass is 9.80. The first kappa shape index (κ1) is 14.2. The Bertz CT molecular complexity index is 678. The molecule has 0 spiro atoms. The van der Waals surface area contributed by atoms with Crippen LogP contribution in [0, 0.1) is 0 Å². The maximum absolute atomic E-state index is 2.33. The zero-order valence-corrected chi connectivity index (χ0v) is 13.4. The molecule has 21 heavy (non-hydrogen) atoms. The smallest absolute Gasteiger partial charge is 0.0232 e. The Morgan fingerprint density at radius 3 is 2.52 bits per heavy atom. The lowest BCUT2D eigenvalue weighted by molar-refractivity contribution is 0.524. The quantitative estimate of drug-likeness (QED) is 0.603. The Morgan fingerprint density at radius 1 is 0.905 bits per heavy atom. The lowest BCUT2D eigenvalue weighted by Crippen LogP contribution is -2.17. The zero-order chi connectivity index (χ0) is 14.7. The molecule has 1 aliphatic heterocycles. The Labute approximate surface area is 131 Å². The van der Waals surface area contributed by atoms with Gasteiger partial charge in [-0.25, -0.2) is 0 Å². The van der Waals surface area contributed by atoms with Crippen molar-refractivity contribution >= 4 is 11.8 Å². The number of fused-ring (bicyclic) bond motifs is 1. The van der Waals surface area contributed by atoms with Crippen LogP contribution in [0.3, 0.4) is 0 Å². The molecule has 0 fully saturated rings. The van der Waals surface area contributed by atoms with Crippen molar-refractivity contribution in [3.05, 3.63) is 77.7 Å². The number of hydrogen-bond acceptors (Lipinski definition) is 1. The predicted molar refractivity (Wildman–Crippen MR) is 93.7 cm³/mol. The van der Waals surface area contributed by atoms with Crippen LogP contribution in [0.5, 0.6) is 0 Å². The average Bonchev–Trinajstić information content (AvgIpc) is 2.57. The second kappa shape index (κ2) is 5.95. The number of hydrogen-bond donors (Lipinski definition) is 0. The highest BCUT2D eigenvalue weighted by atomic mass is 32.2. The van der Waals surface area contributed by atoms with Crippen LogP contribution in [-0.2, 0) is 5.41 Å². The van der Waals surface area contributed by atoms with E-state index in [1.165, 1.54) is 21.6 Å². The van der Waals surface area contributed by atoms with Crippen molar-refractivity contribution in [1.82, 2.24) is 0 Å². The topological polar surface area (TPSA) is 0 Å². The summed E-state index contributed by atoms with van der Waals surface area (Å²) in [4.78, 5) is 1.38. The molecule has 1 heteroatoms. The van der Waals surface area contributed by atoms with Crippen molar-refractivity contribution in [2.24, 2.45) is 0 Å². The van der Waals surface area contributed by atoms with Gasteiger partial charge in [0.25, 0.3) is 0 Å². The summed E-state index contributed by atoms with van der Waals surface area (Å²) in [5.74, 6) is 0. The summed E-state index contributed by atoms with van der Waals surface area (Å²) in [5.41, 5.74) is 4.20. The predicted octanol–water partition coefficient (Wildman–Crippen LogP) is 6.20. The molecule has 0 amide bonds. The van der Waals surface area contributed by atoms with Gasteiger partial charge in [-0.15, -0.1) is 0 Å². The molecule has 0 saturated heterocycles. The van der Waals surface area contributed by atoms with Gasteiger partial charge >= 0.3 is 0 Å². The third-order valence-electron chi connectivity index (χ3n) is 3.97. The first-order valence-electron chi connectivity index (χ1n) is 7.36. The van der Waals surface area contributed by atoms with Crippen LogP contribution >= 0.6 is 11.8 Å². The fourth-order valence-electron chi connectivity index (χ4n) is 2.75. The molecule has 0 aromatic heterocycles. The molecular formula is C20H20S. The van der Waals surface area contributed by atoms with Crippen LogP contribution < -0.4 is 0 Å². The largest absolute Gasteiger partial charge is 0.0971 e. The number of rotatable bonds is 1. The molecule has 3 rings (SSSR count). The minimum Gasteiger partial charge on any atom is -0.0971 e. The Morgan fingerprint density at radius 2 is 1.71 bits per heavy atom. The maximum atomic E-state index is 2.33. The van der Waals surface area contributed by atoms with E-state index in [4.69, 9.17) is 0 Å². The van der Waals surface area contributed by atoms with Crippen LogP contribution in [0.1, 0.15) is 25.8 Å². The van der Waals surface area contributed by atoms with E-state index < -0.39 is 0 Å². The van der Waals surface area contributed by atoms with Crippen molar-refractivity contribution < 1.29 is 0 Å². The van der Waals surface area contributed by atoms with Gasteiger partial charge in [0, 0.05) is 4.90 Å². The van der Waals surface area contributed by atoms with Crippen molar-refractivity contribution in [2.45, 2.75) is 30.6 Å². The first-order valence-corrected chi connectivity index (χ1v) is 8.24. The summed E-state index contributed by atoms with van der Waals surface area (Å²) in [5, 5.41) is 2.18. The molecule has 0 bridgehead atoms.